The second kappa shape index (κ2) is 9.41. The Morgan fingerprint density at radius 2 is 1.48 bits per heavy atom. The van der Waals surface area contributed by atoms with Crippen LogP contribution in [0, 0.1) is 4.91 Å². The Labute approximate surface area is 168 Å². The zero-order chi connectivity index (χ0) is 20.6. The van der Waals surface area contributed by atoms with Gasteiger partial charge in [0.2, 0.25) is 0 Å². The Bertz CT molecular complexity index is 984. The predicted molar refractivity (Wildman–Crippen MR) is 112 cm³/mol. The monoisotopic (exact) mass is 388 g/mol. The highest BCUT2D eigenvalue weighted by Gasteiger charge is 2.14. The third-order valence-electron chi connectivity index (χ3n) is 4.57. The zero-order valence-corrected chi connectivity index (χ0v) is 15.6. The minimum absolute atomic E-state index is 0.131. The zero-order valence-electron chi connectivity index (χ0n) is 15.6. The third-order valence-corrected chi connectivity index (χ3v) is 4.57. The average molecular weight is 388 g/mol. The Hall–Kier alpha value is -3.80. The van der Waals surface area contributed by atoms with Crippen molar-refractivity contribution in [1.29, 1.82) is 0 Å². The van der Waals surface area contributed by atoms with E-state index in [1.165, 1.54) is 0 Å². The second-order valence-corrected chi connectivity index (χ2v) is 6.57. The molecule has 0 radical (unpaired) electrons. The molecule has 0 heterocycles. The first-order valence-electron chi connectivity index (χ1n) is 9.18. The van der Waals surface area contributed by atoms with Gasteiger partial charge in [0.05, 0.1) is 0 Å². The Kier molecular flexibility index (Phi) is 6.47. The number of anilines is 1. The van der Waals surface area contributed by atoms with Crippen LogP contribution in [0.25, 0.3) is 11.1 Å². The summed E-state index contributed by atoms with van der Waals surface area (Å²) >= 11 is 0. The van der Waals surface area contributed by atoms with Gasteiger partial charge in [0, 0.05) is 17.7 Å². The van der Waals surface area contributed by atoms with E-state index >= 15 is 0 Å². The van der Waals surface area contributed by atoms with E-state index in [0.717, 1.165) is 11.1 Å². The van der Waals surface area contributed by atoms with E-state index < -0.39 is 12.0 Å². The van der Waals surface area contributed by atoms with Crippen LogP contribution in [0.5, 0.6) is 0 Å². The molecule has 0 bridgehead atoms. The highest BCUT2D eigenvalue weighted by Crippen LogP contribution is 2.24. The van der Waals surface area contributed by atoms with E-state index in [9.17, 15) is 14.5 Å². The normalized spacial score (nSPS) is 11.4. The number of carbonyl (C=O) groups is 2. The predicted octanol–water partition coefficient (Wildman–Crippen LogP) is 5.28. The topological polar surface area (TPSA) is 95.8 Å². The summed E-state index contributed by atoms with van der Waals surface area (Å²) in [5, 5.41) is 14.6. The molecule has 6 heteroatoms. The van der Waals surface area contributed by atoms with E-state index in [4.69, 9.17) is 5.11 Å². The van der Waals surface area contributed by atoms with Crippen LogP contribution in [0.3, 0.4) is 0 Å². The lowest BCUT2D eigenvalue weighted by Gasteiger charge is -2.10. The summed E-state index contributed by atoms with van der Waals surface area (Å²) < 4.78 is 0. The summed E-state index contributed by atoms with van der Waals surface area (Å²) in [6.07, 6.45) is 0.00612. The molecule has 0 saturated carbocycles. The molecule has 0 aromatic heterocycles. The maximum Gasteiger partial charge on any atom is 0.303 e. The summed E-state index contributed by atoms with van der Waals surface area (Å²) in [4.78, 5) is 34.1. The number of aliphatic carboxylic acids is 1. The van der Waals surface area contributed by atoms with Gasteiger partial charge in [0.15, 0.2) is 0 Å². The number of carboxylic acids is 1. The molecule has 1 atom stereocenters. The third kappa shape index (κ3) is 5.35. The number of nitrogens with zero attached hydrogens (tertiary/aromatic N) is 1. The molecule has 6 nitrogen and oxygen atoms in total. The number of rotatable bonds is 8. The van der Waals surface area contributed by atoms with Gasteiger partial charge >= 0.3 is 5.97 Å². The Morgan fingerprint density at radius 1 is 0.862 bits per heavy atom. The van der Waals surface area contributed by atoms with Gasteiger partial charge in [-0.3, -0.25) is 9.59 Å². The van der Waals surface area contributed by atoms with Gasteiger partial charge in [-0.15, -0.1) is 0 Å². The van der Waals surface area contributed by atoms with Crippen molar-refractivity contribution in [3.63, 3.8) is 0 Å². The van der Waals surface area contributed by atoms with Gasteiger partial charge in [-0.05, 0) is 47.4 Å². The molecular formula is C23H20N2O4. The van der Waals surface area contributed by atoms with Crippen LogP contribution < -0.4 is 5.32 Å². The van der Waals surface area contributed by atoms with Gasteiger partial charge < -0.3 is 10.4 Å². The first kappa shape index (κ1) is 19.9. The van der Waals surface area contributed by atoms with Crippen molar-refractivity contribution in [1.82, 2.24) is 0 Å². The molecule has 146 valence electrons. The van der Waals surface area contributed by atoms with Crippen molar-refractivity contribution >= 4 is 17.6 Å². The fraction of sp³-hybridized carbons (Fsp3) is 0.130. The minimum Gasteiger partial charge on any atom is -0.481 e. The maximum absolute atomic E-state index is 12.5. The molecule has 0 aliphatic heterocycles. The van der Waals surface area contributed by atoms with Gasteiger partial charge in [-0.25, -0.2) is 0 Å². The lowest BCUT2D eigenvalue weighted by Crippen LogP contribution is -2.11. The van der Waals surface area contributed by atoms with Gasteiger partial charge in [0.25, 0.3) is 5.91 Å². The maximum atomic E-state index is 12.5. The molecule has 2 N–H and O–H groups in total. The van der Waals surface area contributed by atoms with E-state index in [1.54, 1.807) is 36.4 Å². The fourth-order valence-corrected chi connectivity index (χ4v) is 2.98. The van der Waals surface area contributed by atoms with Crippen LogP contribution in [-0.2, 0) is 4.79 Å². The number of nitroso groups, excluding NO2 is 1. The highest BCUT2D eigenvalue weighted by atomic mass is 16.4. The largest absolute Gasteiger partial charge is 0.481 e. The molecule has 0 spiro atoms. The van der Waals surface area contributed by atoms with Crippen LogP contribution >= 0.6 is 0 Å². The number of carbonyl (C=O) groups excluding carboxylic acids is 1. The molecule has 0 aliphatic rings. The van der Waals surface area contributed by atoms with E-state index in [0.29, 0.717) is 16.8 Å². The molecule has 0 fully saturated rings. The van der Waals surface area contributed by atoms with Crippen LogP contribution in [0.15, 0.2) is 84.0 Å². The van der Waals surface area contributed by atoms with Gasteiger partial charge in [-0.1, -0.05) is 59.8 Å². The van der Waals surface area contributed by atoms with Crippen molar-refractivity contribution < 1.29 is 14.7 Å². The highest BCUT2D eigenvalue weighted by molar-refractivity contribution is 6.04. The molecule has 3 aromatic carbocycles. The Morgan fingerprint density at radius 3 is 2.07 bits per heavy atom. The molecule has 1 amide bonds. The van der Waals surface area contributed by atoms with Crippen molar-refractivity contribution in [2.45, 2.75) is 18.9 Å². The van der Waals surface area contributed by atoms with E-state index in [2.05, 4.69) is 10.5 Å². The van der Waals surface area contributed by atoms with Crippen molar-refractivity contribution in [3.8, 4) is 11.1 Å². The van der Waals surface area contributed by atoms with Crippen LogP contribution in [0.2, 0.25) is 0 Å². The SMILES string of the molecule is O=NC(CCC(=O)O)c1ccc(NC(=O)c2ccc(-c3ccccc3)cc2)cc1. The number of hydrogen-bond donors (Lipinski definition) is 2. The summed E-state index contributed by atoms with van der Waals surface area (Å²) in [6, 6.07) is 23.2. The summed E-state index contributed by atoms with van der Waals surface area (Å²) in [5.41, 5.74) is 3.83. The molecule has 1 unspecified atom stereocenters. The van der Waals surface area contributed by atoms with Crippen molar-refractivity contribution in [2.75, 3.05) is 5.32 Å². The summed E-state index contributed by atoms with van der Waals surface area (Å²) in [7, 11) is 0. The minimum atomic E-state index is -0.971. The fourth-order valence-electron chi connectivity index (χ4n) is 2.98. The lowest BCUT2D eigenvalue weighted by molar-refractivity contribution is -0.137. The van der Waals surface area contributed by atoms with Gasteiger partial charge in [-0.2, -0.15) is 4.91 Å². The molecule has 29 heavy (non-hydrogen) atoms. The molecule has 0 saturated heterocycles. The van der Waals surface area contributed by atoms with E-state index in [-0.39, 0.29) is 18.7 Å². The van der Waals surface area contributed by atoms with Crippen molar-refractivity contribution in [2.24, 2.45) is 5.18 Å². The second-order valence-electron chi connectivity index (χ2n) is 6.57. The molecular weight excluding hydrogens is 368 g/mol. The number of hydrogen-bond acceptors (Lipinski definition) is 4. The Balaban J connectivity index is 1.64. The number of carboxylic acid groups (broad SMARTS) is 1. The first-order valence-corrected chi connectivity index (χ1v) is 9.18. The summed E-state index contributed by atoms with van der Waals surface area (Å²) in [5.74, 6) is -1.21. The summed E-state index contributed by atoms with van der Waals surface area (Å²) in [6.45, 7) is 0. The van der Waals surface area contributed by atoms with Crippen molar-refractivity contribution in [3.05, 3.63) is 94.9 Å². The van der Waals surface area contributed by atoms with Crippen LogP contribution in [0.1, 0.15) is 34.8 Å². The smallest absolute Gasteiger partial charge is 0.303 e. The van der Waals surface area contributed by atoms with Crippen LogP contribution in [-0.4, -0.2) is 17.0 Å². The van der Waals surface area contributed by atoms with Gasteiger partial charge in [0.1, 0.15) is 6.04 Å². The quantitative estimate of drug-likeness (QED) is 0.513. The number of amides is 1. The average Bonchev–Trinajstić information content (AvgIpc) is 2.76. The lowest BCUT2D eigenvalue weighted by atomic mass is 10.0. The standard InChI is InChI=1S/C23H20N2O4/c26-22(27)15-14-21(25-29)18-10-12-20(13-11-18)24-23(28)19-8-6-17(7-9-19)16-4-2-1-3-5-16/h1-13,21H,14-15H2,(H,24,28)(H,26,27). The van der Waals surface area contributed by atoms with Crippen LogP contribution in [0.4, 0.5) is 5.69 Å². The molecule has 0 aliphatic carbocycles. The molecule has 3 rings (SSSR count). The molecule has 3 aromatic rings. The van der Waals surface area contributed by atoms with E-state index in [1.807, 2.05) is 42.5 Å². The number of nitrogens with one attached hydrogen (secondary N) is 1. The number of benzene rings is 3. The first-order chi connectivity index (χ1) is 14.1.